The van der Waals surface area contributed by atoms with Gasteiger partial charge in [0, 0.05) is 12.3 Å². The third-order valence-corrected chi connectivity index (χ3v) is 5.79. The van der Waals surface area contributed by atoms with Crippen LogP contribution in [-0.4, -0.2) is 27.2 Å². The lowest BCUT2D eigenvalue weighted by Crippen LogP contribution is -2.17. The van der Waals surface area contributed by atoms with Crippen molar-refractivity contribution in [1.29, 1.82) is 0 Å². The van der Waals surface area contributed by atoms with Crippen LogP contribution in [0.4, 0.5) is 13.2 Å². The Bertz CT molecular complexity index is 1070. The van der Waals surface area contributed by atoms with E-state index in [1.165, 1.54) is 18.6 Å². The molecule has 0 bridgehead atoms. The number of carboxylic acids is 1. The molecule has 0 radical (unpaired) electrons. The maximum Gasteiger partial charge on any atom is 0.573 e. The number of ether oxygens (including phenoxy) is 1. The molecule has 168 valence electrons. The van der Waals surface area contributed by atoms with E-state index >= 15 is 0 Å². The number of aromatic nitrogens is 2. The van der Waals surface area contributed by atoms with Gasteiger partial charge in [-0.25, -0.2) is 9.48 Å². The smallest absolute Gasteiger partial charge is 0.478 e. The molecular formula is C24H23F3N2O3. The number of nitrogens with zero attached hydrogens (tertiary/aromatic N) is 2. The van der Waals surface area contributed by atoms with Crippen molar-refractivity contribution in [1.82, 2.24) is 9.78 Å². The van der Waals surface area contributed by atoms with Crippen molar-refractivity contribution in [3.05, 3.63) is 77.1 Å². The number of carboxylic acid groups (broad SMARTS) is 1. The summed E-state index contributed by atoms with van der Waals surface area (Å²) in [6.07, 6.45) is 3.18. The highest BCUT2D eigenvalue weighted by Crippen LogP contribution is 2.36. The molecule has 0 atom stereocenters. The second-order valence-corrected chi connectivity index (χ2v) is 8.02. The molecule has 0 saturated heterocycles. The maximum atomic E-state index is 12.5. The van der Waals surface area contributed by atoms with E-state index in [1.54, 1.807) is 42.6 Å². The van der Waals surface area contributed by atoms with Crippen molar-refractivity contribution >= 4 is 5.97 Å². The first-order chi connectivity index (χ1) is 15.3. The van der Waals surface area contributed by atoms with Crippen molar-refractivity contribution < 1.29 is 27.8 Å². The van der Waals surface area contributed by atoms with E-state index < -0.39 is 12.3 Å². The normalized spacial score (nSPS) is 15.0. The minimum atomic E-state index is -4.73. The predicted octanol–water partition coefficient (Wildman–Crippen LogP) is 6.11. The van der Waals surface area contributed by atoms with Crippen LogP contribution in [0.5, 0.6) is 5.75 Å². The van der Waals surface area contributed by atoms with Crippen LogP contribution >= 0.6 is 0 Å². The minimum Gasteiger partial charge on any atom is -0.478 e. The lowest BCUT2D eigenvalue weighted by Gasteiger charge is -2.24. The molecule has 1 aromatic heterocycles. The Labute approximate surface area is 183 Å². The summed E-state index contributed by atoms with van der Waals surface area (Å²) in [6.45, 7) is 0. The molecule has 1 fully saturated rings. The highest BCUT2D eigenvalue weighted by atomic mass is 19.4. The number of alkyl halides is 3. The molecule has 0 spiro atoms. The van der Waals surface area contributed by atoms with Crippen LogP contribution < -0.4 is 4.74 Å². The Kier molecular flexibility index (Phi) is 6.21. The van der Waals surface area contributed by atoms with Gasteiger partial charge in [-0.1, -0.05) is 31.4 Å². The average molecular weight is 444 g/mol. The molecule has 1 aliphatic rings. The topological polar surface area (TPSA) is 64.3 Å². The van der Waals surface area contributed by atoms with E-state index in [1.807, 2.05) is 4.68 Å². The van der Waals surface area contributed by atoms with Gasteiger partial charge < -0.3 is 9.84 Å². The molecule has 3 aromatic rings. The lowest BCUT2D eigenvalue weighted by molar-refractivity contribution is -0.274. The molecule has 1 heterocycles. The zero-order chi connectivity index (χ0) is 22.7. The molecule has 0 unspecified atom stereocenters. The van der Waals surface area contributed by atoms with Crippen molar-refractivity contribution in [2.45, 2.75) is 50.8 Å². The first-order valence-corrected chi connectivity index (χ1v) is 10.6. The molecule has 1 aliphatic carbocycles. The Morgan fingerprint density at radius 2 is 1.69 bits per heavy atom. The van der Waals surface area contributed by atoms with Crippen LogP contribution in [0.25, 0.3) is 5.69 Å². The zero-order valence-corrected chi connectivity index (χ0v) is 17.3. The Hall–Kier alpha value is -3.29. The molecule has 5 nitrogen and oxygen atoms in total. The molecule has 4 rings (SSSR count). The molecule has 2 aromatic carbocycles. The van der Waals surface area contributed by atoms with Gasteiger partial charge in [-0.15, -0.1) is 13.2 Å². The van der Waals surface area contributed by atoms with Crippen LogP contribution in [0.15, 0.2) is 54.7 Å². The van der Waals surface area contributed by atoms with Crippen molar-refractivity contribution in [3.63, 3.8) is 0 Å². The maximum absolute atomic E-state index is 12.5. The fourth-order valence-corrected chi connectivity index (χ4v) is 4.32. The number of hydrogen-bond donors (Lipinski definition) is 1. The van der Waals surface area contributed by atoms with Gasteiger partial charge in [-0.3, -0.25) is 0 Å². The average Bonchev–Trinajstić information content (AvgIpc) is 3.17. The molecular weight excluding hydrogens is 421 g/mol. The first-order valence-electron chi connectivity index (χ1n) is 10.6. The molecule has 0 amide bonds. The van der Waals surface area contributed by atoms with E-state index in [0.717, 1.165) is 42.5 Å². The number of carbonyl (C=O) groups is 1. The summed E-state index contributed by atoms with van der Waals surface area (Å²) in [5, 5.41) is 13.7. The summed E-state index contributed by atoms with van der Waals surface area (Å²) in [5.41, 5.74) is 3.98. The van der Waals surface area contributed by atoms with Gasteiger partial charge in [0.25, 0.3) is 0 Å². The molecule has 1 N–H and O–H groups in total. The van der Waals surface area contributed by atoms with Crippen LogP contribution in [0.2, 0.25) is 0 Å². The number of benzene rings is 2. The van der Waals surface area contributed by atoms with Crippen molar-refractivity contribution in [2.75, 3.05) is 0 Å². The summed E-state index contributed by atoms with van der Waals surface area (Å²) in [4.78, 5) is 11.1. The van der Waals surface area contributed by atoms with Gasteiger partial charge in [-0.2, -0.15) is 5.10 Å². The van der Waals surface area contributed by atoms with Crippen LogP contribution in [0.1, 0.15) is 65.2 Å². The number of aromatic carboxylic acids is 1. The van der Waals surface area contributed by atoms with Gasteiger partial charge in [0.1, 0.15) is 5.75 Å². The monoisotopic (exact) mass is 444 g/mol. The van der Waals surface area contributed by atoms with Crippen molar-refractivity contribution in [3.8, 4) is 11.4 Å². The quantitative estimate of drug-likeness (QED) is 0.498. The third-order valence-electron chi connectivity index (χ3n) is 5.79. The minimum absolute atomic E-state index is 0.234. The van der Waals surface area contributed by atoms with Crippen LogP contribution in [0, 0.1) is 0 Å². The summed E-state index contributed by atoms with van der Waals surface area (Å²) >= 11 is 0. The van der Waals surface area contributed by atoms with E-state index in [0.29, 0.717) is 18.0 Å². The van der Waals surface area contributed by atoms with Crippen molar-refractivity contribution in [2.24, 2.45) is 0 Å². The fraction of sp³-hybridized carbons (Fsp3) is 0.333. The fourth-order valence-electron chi connectivity index (χ4n) is 4.32. The van der Waals surface area contributed by atoms with E-state index in [4.69, 9.17) is 5.11 Å². The highest BCUT2D eigenvalue weighted by Gasteiger charge is 2.31. The summed E-state index contributed by atoms with van der Waals surface area (Å²) in [7, 11) is 0. The lowest BCUT2D eigenvalue weighted by atomic mass is 9.84. The second-order valence-electron chi connectivity index (χ2n) is 8.02. The van der Waals surface area contributed by atoms with Crippen LogP contribution in [0.3, 0.4) is 0 Å². The van der Waals surface area contributed by atoms with Gasteiger partial charge >= 0.3 is 12.3 Å². The van der Waals surface area contributed by atoms with Crippen LogP contribution in [-0.2, 0) is 6.42 Å². The van der Waals surface area contributed by atoms with Gasteiger partial charge in [0.05, 0.1) is 23.1 Å². The Morgan fingerprint density at radius 1 is 1.03 bits per heavy atom. The summed E-state index contributed by atoms with van der Waals surface area (Å²) < 4.78 is 43.2. The standard InChI is InChI=1S/C24H23F3N2O3/c25-24(26,27)32-21-12-10-20(11-13-21)29-22(17-4-2-1-3-5-17)19(15-28-29)14-16-6-8-18(9-7-16)23(30)31/h6-13,15,17H,1-5,14H2,(H,30,31). The highest BCUT2D eigenvalue weighted by molar-refractivity contribution is 5.87. The second kappa shape index (κ2) is 9.06. The number of halogens is 3. The van der Waals surface area contributed by atoms with E-state index in [9.17, 15) is 18.0 Å². The molecule has 0 aliphatic heterocycles. The zero-order valence-electron chi connectivity index (χ0n) is 17.3. The summed E-state index contributed by atoms with van der Waals surface area (Å²) in [6, 6.07) is 12.5. The molecule has 8 heteroatoms. The summed E-state index contributed by atoms with van der Waals surface area (Å²) in [5.74, 6) is -0.928. The largest absolute Gasteiger partial charge is 0.573 e. The van der Waals surface area contributed by atoms with E-state index in [-0.39, 0.29) is 11.3 Å². The third kappa shape index (κ3) is 5.12. The van der Waals surface area contributed by atoms with E-state index in [2.05, 4.69) is 9.84 Å². The van der Waals surface area contributed by atoms with Gasteiger partial charge in [0.15, 0.2) is 0 Å². The number of hydrogen-bond acceptors (Lipinski definition) is 3. The first kappa shape index (κ1) is 21.9. The van der Waals surface area contributed by atoms with Gasteiger partial charge in [0.2, 0.25) is 0 Å². The molecule has 1 saturated carbocycles. The Balaban J connectivity index is 1.65. The SMILES string of the molecule is O=C(O)c1ccc(Cc2cnn(-c3ccc(OC(F)(F)F)cc3)c2C2CCCCC2)cc1. The number of rotatable bonds is 6. The predicted molar refractivity (Wildman–Crippen MR) is 112 cm³/mol. The Morgan fingerprint density at radius 3 is 2.28 bits per heavy atom. The molecule has 32 heavy (non-hydrogen) atoms. The van der Waals surface area contributed by atoms with Gasteiger partial charge in [-0.05, 0) is 60.4 Å².